The van der Waals surface area contributed by atoms with Crippen molar-refractivity contribution in [2.45, 2.75) is 26.3 Å². The molecular formula is C12H16ClNO2. The normalized spacial score (nSPS) is 12.2. The SMILES string of the molecule is CC[C@@H](C(=O)O)N(CC)c1ccccc1Cl. The smallest absolute Gasteiger partial charge is 0.326 e. The lowest BCUT2D eigenvalue weighted by Gasteiger charge is -2.29. The van der Waals surface area contributed by atoms with E-state index in [9.17, 15) is 4.79 Å². The Kier molecular flexibility index (Phi) is 4.62. The largest absolute Gasteiger partial charge is 0.480 e. The van der Waals surface area contributed by atoms with Crippen LogP contribution in [0.1, 0.15) is 20.3 Å². The van der Waals surface area contributed by atoms with Crippen molar-refractivity contribution in [3.05, 3.63) is 29.3 Å². The number of carbonyl (C=O) groups is 1. The fourth-order valence-electron chi connectivity index (χ4n) is 1.77. The summed E-state index contributed by atoms with van der Waals surface area (Å²) in [6, 6.07) is 6.79. The summed E-state index contributed by atoms with van der Waals surface area (Å²) < 4.78 is 0. The molecule has 0 spiro atoms. The molecule has 88 valence electrons. The molecule has 4 heteroatoms. The highest BCUT2D eigenvalue weighted by Crippen LogP contribution is 2.27. The van der Waals surface area contributed by atoms with Crippen LogP contribution < -0.4 is 4.90 Å². The van der Waals surface area contributed by atoms with Crippen LogP contribution in [0.4, 0.5) is 5.69 Å². The highest BCUT2D eigenvalue weighted by molar-refractivity contribution is 6.33. The van der Waals surface area contributed by atoms with E-state index in [1.165, 1.54) is 0 Å². The molecule has 0 aliphatic rings. The molecule has 0 saturated carbocycles. The lowest BCUT2D eigenvalue weighted by atomic mass is 10.1. The molecule has 0 bridgehead atoms. The van der Waals surface area contributed by atoms with Crippen molar-refractivity contribution in [3.8, 4) is 0 Å². The molecule has 0 aliphatic carbocycles. The Morgan fingerprint density at radius 3 is 2.50 bits per heavy atom. The summed E-state index contributed by atoms with van der Waals surface area (Å²) in [5, 5.41) is 9.73. The first-order chi connectivity index (χ1) is 7.61. The van der Waals surface area contributed by atoms with Gasteiger partial charge in [-0.25, -0.2) is 4.79 Å². The molecular weight excluding hydrogens is 226 g/mol. The second-order valence-electron chi connectivity index (χ2n) is 3.50. The average molecular weight is 242 g/mol. The Labute approximate surface area is 101 Å². The van der Waals surface area contributed by atoms with Crippen molar-refractivity contribution in [2.75, 3.05) is 11.4 Å². The van der Waals surface area contributed by atoms with Crippen LogP contribution in [0, 0.1) is 0 Å². The number of aliphatic carboxylic acids is 1. The first kappa shape index (κ1) is 12.8. The van der Waals surface area contributed by atoms with Crippen molar-refractivity contribution in [3.63, 3.8) is 0 Å². The molecule has 0 aliphatic heterocycles. The minimum atomic E-state index is -0.815. The quantitative estimate of drug-likeness (QED) is 0.862. The van der Waals surface area contributed by atoms with Crippen molar-refractivity contribution < 1.29 is 9.90 Å². The van der Waals surface area contributed by atoms with E-state index >= 15 is 0 Å². The first-order valence-electron chi connectivity index (χ1n) is 5.35. The zero-order valence-corrected chi connectivity index (χ0v) is 10.2. The summed E-state index contributed by atoms with van der Waals surface area (Å²) in [5.41, 5.74) is 0.779. The monoisotopic (exact) mass is 241 g/mol. The second kappa shape index (κ2) is 5.75. The molecule has 1 aromatic carbocycles. The van der Waals surface area contributed by atoms with Crippen LogP contribution in [0.15, 0.2) is 24.3 Å². The minimum absolute atomic E-state index is 0.523. The lowest BCUT2D eigenvalue weighted by Crippen LogP contribution is -2.41. The average Bonchev–Trinajstić information content (AvgIpc) is 2.26. The van der Waals surface area contributed by atoms with Crippen LogP contribution in [-0.2, 0) is 4.79 Å². The number of carboxylic acids is 1. The molecule has 0 heterocycles. The predicted molar refractivity (Wildman–Crippen MR) is 66.2 cm³/mol. The molecule has 3 nitrogen and oxygen atoms in total. The van der Waals surface area contributed by atoms with Crippen LogP contribution in [0.5, 0.6) is 0 Å². The molecule has 0 radical (unpaired) electrons. The van der Waals surface area contributed by atoms with E-state index in [-0.39, 0.29) is 0 Å². The van der Waals surface area contributed by atoms with Gasteiger partial charge in [-0.2, -0.15) is 0 Å². The van der Waals surface area contributed by atoms with Gasteiger partial charge < -0.3 is 10.0 Å². The summed E-state index contributed by atoms with van der Waals surface area (Å²) in [6.07, 6.45) is 0.550. The third-order valence-corrected chi connectivity index (χ3v) is 2.87. The molecule has 0 fully saturated rings. The molecule has 0 saturated heterocycles. The number of nitrogens with zero attached hydrogens (tertiary/aromatic N) is 1. The van der Waals surface area contributed by atoms with E-state index in [0.29, 0.717) is 18.0 Å². The van der Waals surface area contributed by atoms with Crippen LogP contribution in [0.25, 0.3) is 0 Å². The molecule has 0 amide bonds. The highest BCUT2D eigenvalue weighted by Gasteiger charge is 2.23. The number of carboxylic acid groups (broad SMARTS) is 1. The lowest BCUT2D eigenvalue weighted by molar-refractivity contribution is -0.138. The Balaban J connectivity index is 3.06. The Hall–Kier alpha value is -1.22. The standard InChI is InChI=1S/C12H16ClNO2/c1-3-10(12(15)16)14(4-2)11-8-6-5-7-9(11)13/h5-8,10H,3-4H2,1-2H3,(H,15,16)/t10-/m0/s1. The van der Waals surface area contributed by atoms with Gasteiger partial charge in [0.1, 0.15) is 6.04 Å². The van der Waals surface area contributed by atoms with E-state index < -0.39 is 12.0 Å². The fourth-order valence-corrected chi connectivity index (χ4v) is 2.02. The van der Waals surface area contributed by atoms with Crippen LogP contribution in [-0.4, -0.2) is 23.7 Å². The maximum Gasteiger partial charge on any atom is 0.326 e. The van der Waals surface area contributed by atoms with Gasteiger partial charge in [0.05, 0.1) is 10.7 Å². The van der Waals surface area contributed by atoms with Crippen LogP contribution in [0.2, 0.25) is 5.02 Å². The Morgan fingerprint density at radius 1 is 1.44 bits per heavy atom. The van der Waals surface area contributed by atoms with E-state index in [1.807, 2.05) is 36.9 Å². The number of benzene rings is 1. The number of likely N-dealkylation sites (N-methyl/N-ethyl adjacent to an activating group) is 1. The van der Waals surface area contributed by atoms with Crippen molar-refractivity contribution in [1.29, 1.82) is 0 Å². The van der Waals surface area contributed by atoms with Gasteiger partial charge in [-0.05, 0) is 25.5 Å². The van der Waals surface area contributed by atoms with Gasteiger partial charge >= 0.3 is 5.97 Å². The van der Waals surface area contributed by atoms with Crippen molar-refractivity contribution in [1.82, 2.24) is 0 Å². The van der Waals surface area contributed by atoms with E-state index in [0.717, 1.165) is 5.69 Å². The number of halogens is 1. The molecule has 1 N–H and O–H groups in total. The van der Waals surface area contributed by atoms with Crippen LogP contribution in [0.3, 0.4) is 0 Å². The minimum Gasteiger partial charge on any atom is -0.480 e. The zero-order valence-electron chi connectivity index (χ0n) is 9.48. The Morgan fingerprint density at radius 2 is 2.06 bits per heavy atom. The summed E-state index contributed by atoms with van der Waals surface area (Å²) in [6.45, 7) is 4.40. The van der Waals surface area contributed by atoms with Crippen LogP contribution >= 0.6 is 11.6 Å². The number of hydrogen-bond donors (Lipinski definition) is 1. The molecule has 0 unspecified atom stereocenters. The van der Waals surface area contributed by atoms with Gasteiger partial charge in [-0.3, -0.25) is 0 Å². The van der Waals surface area contributed by atoms with Gasteiger partial charge in [0, 0.05) is 6.54 Å². The van der Waals surface area contributed by atoms with Gasteiger partial charge in [-0.1, -0.05) is 30.7 Å². The summed E-state index contributed by atoms with van der Waals surface area (Å²) in [7, 11) is 0. The molecule has 16 heavy (non-hydrogen) atoms. The van der Waals surface area contributed by atoms with Gasteiger partial charge in [0.2, 0.25) is 0 Å². The summed E-state index contributed by atoms with van der Waals surface area (Å²) >= 11 is 6.07. The topological polar surface area (TPSA) is 40.5 Å². The van der Waals surface area contributed by atoms with E-state index in [2.05, 4.69) is 0 Å². The first-order valence-corrected chi connectivity index (χ1v) is 5.73. The number of anilines is 1. The molecule has 1 aromatic rings. The van der Waals surface area contributed by atoms with E-state index in [1.54, 1.807) is 6.07 Å². The number of rotatable bonds is 5. The fraction of sp³-hybridized carbons (Fsp3) is 0.417. The third-order valence-electron chi connectivity index (χ3n) is 2.55. The predicted octanol–water partition coefficient (Wildman–Crippen LogP) is 3.03. The summed E-state index contributed by atoms with van der Waals surface area (Å²) in [4.78, 5) is 12.9. The third kappa shape index (κ3) is 2.67. The second-order valence-corrected chi connectivity index (χ2v) is 3.91. The molecule has 1 atom stereocenters. The summed E-state index contributed by atoms with van der Waals surface area (Å²) in [5.74, 6) is -0.815. The highest BCUT2D eigenvalue weighted by atomic mass is 35.5. The van der Waals surface area contributed by atoms with Crippen molar-refractivity contribution >= 4 is 23.3 Å². The van der Waals surface area contributed by atoms with Gasteiger partial charge in [0.15, 0.2) is 0 Å². The number of para-hydroxylation sites is 1. The zero-order chi connectivity index (χ0) is 12.1. The maximum absolute atomic E-state index is 11.1. The number of hydrogen-bond acceptors (Lipinski definition) is 2. The van der Waals surface area contributed by atoms with Crippen molar-refractivity contribution in [2.24, 2.45) is 0 Å². The molecule has 1 rings (SSSR count). The van der Waals surface area contributed by atoms with E-state index in [4.69, 9.17) is 16.7 Å². The molecule has 0 aromatic heterocycles. The Bertz CT molecular complexity index is 368. The van der Waals surface area contributed by atoms with Gasteiger partial charge in [-0.15, -0.1) is 0 Å². The van der Waals surface area contributed by atoms with Gasteiger partial charge in [0.25, 0.3) is 0 Å². The maximum atomic E-state index is 11.1.